The molecule has 0 aliphatic carbocycles. The van der Waals surface area contributed by atoms with Crippen LogP contribution in [0.4, 0.5) is 0 Å². The number of thiophene rings is 1. The largest absolute Gasteiger partial charge is 0.419 e. The highest BCUT2D eigenvalue weighted by molar-refractivity contribution is 7.13. The van der Waals surface area contributed by atoms with Gasteiger partial charge >= 0.3 is 0 Å². The van der Waals surface area contributed by atoms with Crippen molar-refractivity contribution in [3.8, 4) is 10.8 Å². The van der Waals surface area contributed by atoms with E-state index >= 15 is 0 Å². The van der Waals surface area contributed by atoms with Crippen molar-refractivity contribution < 1.29 is 4.42 Å². The summed E-state index contributed by atoms with van der Waals surface area (Å²) in [5.74, 6) is 1.36. The number of rotatable bonds is 4. The summed E-state index contributed by atoms with van der Waals surface area (Å²) in [6, 6.07) is 4.76. The van der Waals surface area contributed by atoms with Gasteiger partial charge < -0.3 is 9.73 Å². The third-order valence-corrected chi connectivity index (χ3v) is 5.10. The fourth-order valence-electron chi connectivity index (χ4n) is 2.83. The summed E-state index contributed by atoms with van der Waals surface area (Å²) in [7, 11) is 0. The molecule has 2 aromatic rings. The number of hydrogen-bond donors (Lipinski definition) is 1. The zero-order chi connectivity index (χ0) is 14.1. The van der Waals surface area contributed by atoms with Gasteiger partial charge in [0.1, 0.15) is 0 Å². The van der Waals surface area contributed by atoms with E-state index in [1.807, 2.05) is 17.5 Å². The molecule has 0 aromatic carbocycles. The molecular weight excluding hydrogens is 286 g/mol. The van der Waals surface area contributed by atoms with Crippen LogP contribution >= 0.6 is 11.3 Å². The van der Waals surface area contributed by atoms with Crippen LogP contribution in [0.25, 0.3) is 10.8 Å². The number of nitrogens with one attached hydrogen (secondary N) is 1. The van der Waals surface area contributed by atoms with E-state index < -0.39 is 0 Å². The predicted molar refractivity (Wildman–Crippen MR) is 81.1 cm³/mol. The molecule has 21 heavy (non-hydrogen) atoms. The lowest BCUT2D eigenvalue weighted by Crippen LogP contribution is -2.61. The quantitative estimate of drug-likeness (QED) is 0.905. The molecule has 4 rings (SSSR count). The third kappa shape index (κ3) is 2.87. The van der Waals surface area contributed by atoms with Gasteiger partial charge in [0.2, 0.25) is 5.89 Å². The van der Waals surface area contributed by atoms with E-state index in [1.165, 1.54) is 0 Å². The van der Waals surface area contributed by atoms with Gasteiger partial charge in [0.25, 0.3) is 5.89 Å². The summed E-state index contributed by atoms with van der Waals surface area (Å²) in [6.45, 7) is 7.48. The smallest absolute Gasteiger partial charge is 0.257 e. The summed E-state index contributed by atoms with van der Waals surface area (Å²) < 4.78 is 5.76. The highest BCUT2D eigenvalue weighted by atomic mass is 32.1. The van der Waals surface area contributed by atoms with Crippen LogP contribution in [-0.2, 0) is 6.54 Å². The molecule has 112 valence electrons. The molecule has 4 heterocycles. The van der Waals surface area contributed by atoms with Crippen molar-refractivity contribution in [2.24, 2.45) is 0 Å². The van der Waals surface area contributed by atoms with Gasteiger partial charge in [-0.3, -0.25) is 9.80 Å². The van der Waals surface area contributed by atoms with E-state index in [0.717, 1.165) is 62.6 Å². The molecule has 0 unspecified atom stereocenters. The van der Waals surface area contributed by atoms with Crippen molar-refractivity contribution in [1.82, 2.24) is 25.3 Å². The second kappa shape index (κ2) is 5.84. The first-order valence-corrected chi connectivity index (χ1v) is 8.30. The van der Waals surface area contributed by atoms with Crippen LogP contribution in [0.15, 0.2) is 21.9 Å². The van der Waals surface area contributed by atoms with Crippen molar-refractivity contribution in [2.75, 3.05) is 39.3 Å². The van der Waals surface area contributed by atoms with Gasteiger partial charge in [-0.2, -0.15) is 0 Å². The Morgan fingerprint density at radius 3 is 2.76 bits per heavy atom. The first-order chi connectivity index (χ1) is 10.4. The summed E-state index contributed by atoms with van der Waals surface area (Å²) in [4.78, 5) is 6.02. The number of hydrogen-bond acceptors (Lipinski definition) is 7. The summed E-state index contributed by atoms with van der Waals surface area (Å²) in [6.07, 6.45) is 0. The van der Waals surface area contributed by atoms with Crippen molar-refractivity contribution >= 4 is 11.3 Å². The molecule has 0 bridgehead atoms. The molecule has 2 saturated heterocycles. The minimum atomic E-state index is 0.638. The molecular formula is C14H19N5OS. The lowest BCUT2D eigenvalue weighted by atomic mass is 10.1. The van der Waals surface area contributed by atoms with Crippen molar-refractivity contribution in [1.29, 1.82) is 0 Å². The van der Waals surface area contributed by atoms with Crippen molar-refractivity contribution in [3.05, 3.63) is 23.4 Å². The van der Waals surface area contributed by atoms with Crippen LogP contribution in [-0.4, -0.2) is 65.3 Å². The van der Waals surface area contributed by atoms with Gasteiger partial charge in [0.15, 0.2) is 0 Å². The van der Waals surface area contributed by atoms with Gasteiger partial charge in [-0.1, -0.05) is 6.07 Å². The van der Waals surface area contributed by atoms with E-state index in [9.17, 15) is 0 Å². The average Bonchev–Trinajstić information content (AvgIpc) is 3.09. The van der Waals surface area contributed by atoms with Gasteiger partial charge in [0, 0.05) is 45.3 Å². The Morgan fingerprint density at radius 1 is 1.24 bits per heavy atom. The number of nitrogens with zero attached hydrogens (tertiary/aromatic N) is 4. The Kier molecular flexibility index (Phi) is 3.72. The first-order valence-electron chi connectivity index (χ1n) is 7.42. The lowest BCUT2D eigenvalue weighted by Gasteiger charge is -2.43. The minimum absolute atomic E-state index is 0.638. The molecule has 1 N–H and O–H groups in total. The summed E-state index contributed by atoms with van der Waals surface area (Å²) in [5, 5.41) is 13.7. The standard InChI is InChI=1S/C14H19N5OS/c1-2-12(21-7-1)14-17-16-13(20-14)10-18-3-5-19(6-4-18)11-8-15-9-11/h1-2,7,11,15H,3-6,8-10H2. The zero-order valence-corrected chi connectivity index (χ0v) is 12.7. The van der Waals surface area contributed by atoms with Gasteiger partial charge in [0.05, 0.1) is 11.4 Å². The minimum Gasteiger partial charge on any atom is -0.419 e. The van der Waals surface area contributed by atoms with E-state index in [2.05, 4.69) is 25.3 Å². The third-order valence-electron chi connectivity index (χ3n) is 4.24. The van der Waals surface area contributed by atoms with Gasteiger partial charge in [-0.25, -0.2) is 0 Å². The maximum absolute atomic E-state index is 5.76. The van der Waals surface area contributed by atoms with Crippen LogP contribution in [0.1, 0.15) is 5.89 Å². The topological polar surface area (TPSA) is 57.4 Å². The average molecular weight is 305 g/mol. The predicted octanol–water partition coefficient (Wildman–Crippen LogP) is 0.887. The lowest BCUT2D eigenvalue weighted by molar-refractivity contribution is 0.0658. The second-order valence-electron chi connectivity index (χ2n) is 5.60. The number of piperazine rings is 1. The fraction of sp³-hybridized carbons (Fsp3) is 0.571. The molecule has 0 spiro atoms. The van der Waals surface area contributed by atoms with Crippen molar-refractivity contribution in [2.45, 2.75) is 12.6 Å². The van der Waals surface area contributed by atoms with Crippen LogP contribution in [0, 0.1) is 0 Å². The normalized spacial score (nSPS) is 21.5. The molecule has 2 aliphatic rings. The molecule has 6 nitrogen and oxygen atoms in total. The SMILES string of the molecule is c1csc(-c2nnc(CN3CCN(C4CNC4)CC3)o2)c1. The van der Waals surface area contributed by atoms with Gasteiger partial charge in [-0.05, 0) is 11.4 Å². The zero-order valence-electron chi connectivity index (χ0n) is 11.9. The van der Waals surface area contributed by atoms with Crippen LogP contribution in [0.2, 0.25) is 0 Å². The molecule has 2 fully saturated rings. The Morgan fingerprint density at radius 2 is 2.10 bits per heavy atom. The Labute approximate surface area is 127 Å². The molecule has 0 amide bonds. The van der Waals surface area contributed by atoms with Crippen LogP contribution < -0.4 is 5.32 Å². The molecule has 0 radical (unpaired) electrons. The molecule has 2 aromatic heterocycles. The van der Waals surface area contributed by atoms with Crippen LogP contribution in [0.5, 0.6) is 0 Å². The van der Waals surface area contributed by atoms with Crippen LogP contribution in [0.3, 0.4) is 0 Å². The maximum Gasteiger partial charge on any atom is 0.257 e. The summed E-state index contributed by atoms with van der Waals surface area (Å²) in [5.41, 5.74) is 0. The summed E-state index contributed by atoms with van der Waals surface area (Å²) >= 11 is 1.63. The van der Waals surface area contributed by atoms with E-state index in [4.69, 9.17) is 4.42 Å². The van der Waals surface area contributed by atoms with E-state index in [0.29, 0.717) is 5.89 Å². The van der Waals surface area contributed by atoms with E-state index in [1.54, 1.807) is 11.3 Å². The highest BCUT2D eigenvalue weighted by Gasteiger charge is 2.28. The van der Waals surface area contributed by atoms with Gasteiger partial charge in [-0.15, -0.1) is 21.5 Å². The molecule has 2 aliphatic heterocycles. The fourth-order valence-corrected chi connectivity index (χ4v) is 3.47. The van der Waals surface area contributed by atoms with Crippen molar-refractivity contribution in [3.63, 3.8) is 0 Å². The molecule has 0 atom stereocenters. The second-order valence-corrected chi connectivity index (χ2v) is 6.55. The Hall–Kier alpha value is -1.28. The highest BCUT2D eigenvalue weighted by Crippen LogP contribution is 2.23. The molecule has 0 saturated carbocycles. The Bertz CT molecular complexity index is 572. The van der Waals surface area contributed by atoms with E-state index in [-0.39, 0.29) is 0 Å². The maximum atomic E-state index is 5.76. The first kappa shape index (κ1) is 13.4. The number of aromatic nitrogens is 2. The molecule has 7 heteroatoms. The monoisotopic (exact) mass is 305 g/mol. The Balaban J connectivity index is 1.32.